The molecule has 1 heterocycles. The second-order valence-electron chi connectivity index (χ2n) is 2.71. The third kappa shape index (κ3) is 4.57. The van der Waals surface area contributed by atoms with Gasteiger partial charge in [0, 0.05) is 12.7 Å². The van der Waals surface area contributed by atoms with E-state index in [0.29, 0.717) is 6.61 Å². The average molecular weight is 193 g/mol. The predicted molar refractivity (Wildman–Crippen MR) is 56.2 cm³/mol. The summed E-state index contributed by atoms with van der Waals surface area (Å²) in [4.78, 5) is 7.84. The summed E-state index contributed by atoms with van der Waals surface area (Å²) in [5.41, 5.74) is 0. The number of aromatic nitrogens is 2. The maximum Gasteiger partial charge on any atom is 0.129 e. The number of nitrogens with one attached hydrogen (secondary N) is 1. The smallest absolute Gasteiger partial charge is 0.129 e. The highest BCUT2D eigenvalue weighted by molar-refractivity contribution is 5.31. The highest BCUT2D eigenvalue weighted by Crippen LogP contribution is 1.96. The summed E-state index contributed by atoms with van der Waals surface area (Å²) in [7, 11) is 0. The van der Waals surface area contributed by atoms with Crippen LogP contribution in [0.4, 0.5) is 5.82 Å². The van der Waals surface area contributed by atoms with Crippen molar-refractivity contribution >= 4 is 5.82 Å². The first-order valence-electron chi connectivity index (χ1n) is 4.62. The molecule has 0 amide bonds. The Bertz CT molecular complexity index is 251. The number of anilines is 1. The molecular weight excluding hydrogens is 178 g/mol. The van der Waals surface area contributed by atoms with Crippen LogP contribution in [0.5, 0.6) is 0 Å². The van der Waals surface area contributed by atoms with Crippen molar-refractivity contribution < 1.29 is 4.74 Å². The average Bonchev–Trinajstić information content (AvgIpc) is 2.25. The summed E-state index contributed by atoms with van der Waals surface area (Å²) in [6.45, 7) is 5.78. The van der Waals surface area contributed by atoms with Crippen LogP contribution in [0.15, 0.2) is 31.2 Å². The quantitative estimate of drug-likeness (QED) is 0.526. The van der Waals surface area contributed by atoms with Crippen molar-refractivity contribution in [1.29, 1.82) is 0 Å². The van der Waals surface area contributed by atoms with Gasteiger partial charge >= 0.3 is 0 Å². The van der Waals surface area contributed by atoms with Gasteiger partial charge in [-0.25, -0.2) is 9.97 Å². The van der Waals surface area contributed by atoms with E-state index < -0.39 is 0 Å². The molecule has 0 atom stereocenters. The van der Waals surface area contributed by atoms with E-state index in [-0.39, 0.29) is 0 Å². The van der Waals surface area contributed by atoms with Crippen LogP contribution < -0.4 is 5.32 Å². The van der Waals surface area contributed by atoms with Crippen molar-refractivity contribution in [2.75, 3.05) is 25.1 Å². The second kappa shape index (κ2) is 7.03. The van der Waals surface area contributed by atoms with E-state index in [1.165, 1.54) is 6.33 Å². The lowest BCUT2D eigenvalue weighted by atomic mass is 10.4. The van der Waals surface area contributed by atoms with Gasteiger partial charge in [-0.2, -0.15) is 0 Å². The fourth-order valence-electron chi connectivity index (χ4n) is 0.915. The van der Waals surface area contributed by atoms with E-state index in [0.717, 1.165) is 25.4 Å². The summed E-state index contributed by atoms with van der Waals surface area (Å²) in [5.74, 6) is 0.826. The number of rotatable bonds is 7. The Kier molecular flexibility index (Phi) is 5.35. The topological polar surface area (TPSA) is 47.0 Å². The summed E-state index contributed by atoms with van der Waals surface area (Å²) in [5, 5.41) is 3.12. The molecule has 0 unspecified atom stereocenters. The Morgan fingerprint density at radius 2 is 2.43 bits per heavy atom. The largest absolute Gasteiger partial charge is 0.379 e. The molecule has 0 aromatic carbocycles. The molecule has 14 heavy (non-hydrogen) atoms. The highest BCUT2D eigenvalue weighted by Gasteiger charge is 1.90. The van der Waals surface area contributed by atoms with Crippen LogP contribution in [0, 0.1) is 0 Å². The molecule has 0 radical (unpaired) electrons. The summed E-state index contributed by atoms with van der Waals surface area (Å²) in [6.07, 6.45) is 5.96. The molecule has 0 bridgehead atoms. The first-order chi connectivity index (χ1) is 6.93. The fraction of sp³-hybridized carbons (Fsp3) is 0.400. The maximum atomic E-state index is 5.32. The van der Waals surface area contributed by atoms with Gasteiger partial charge in [-0.15, -0.1) is 6.58 Å². The van der Waals surface area contributed by atoms with Crippen LogP contribution in [0.25, 0.3) is 0 Å². The lowest BCUT2D eigenvalue weighted by molar-refractivity contribution is 0.149. The summed E-state index contributed by atoms with van der Waals surface area (Å²) >= 11 is 0. The van der Waals surface area contributed by atoms with E-state index in [1.54, 1.807) is 6.20 Å². The Morgan fingerprint density at radius 3 is 3.14 bits per heavy atom. The zero-order chi connectivity index (χ0) is 10.1. The molecule has 1 aromatic heterocycles. The minimum Gasteiger partial charge on any atom is -0.379 e. The molecule has 0 fully saturated rings. The van der Waals surface area contributed by atoms with Gasteiger partial charge in [-0.1, -0.05) is 6.08 Å². The Hall–Kier alpha value is -1.42. The third-order valence-corrected chi connectivity index (χ3v) is 1.60. The zero-order valence-electron chi connectivity index (χ0n) is 8.15. The van der Waals surface area contributed by atoms with Crippen molar-refractivity contribution in [3.63, 3.8) is 0 Å². The Morgan fingerprint density at radius 1 is 1.50 bits per heavy atom. The van der Waals surface area contributed by atoms with Gasteiger partial charge in [-0.3, -0.25) is 0 Å². The molecule has 0 aliphatic heterocycles. The SMILES string of the molecule is C=CCCOCCNc1ccncn1. The maximum absolute atomic E-state index is 5.32. The molecule has 0 aliphatic carbocycles. The van der Waals surface area contributed by atoms with Crippen molar-refractivity contribution in [2.24, 2.45) is 0 Å². The zero-order valence-corrected chi connectivity index (χ0v) is 8.15. The van der Waals surface area contributed by atoms with Crippen molar-refractivity contribution in [3.8, 4) is 0 Å². The van der Waals surface area contributed by atoms with Gasteiger partial charge < -0.3 is 10.1 Å². The lowest BCUT2D eigenvalue weighted by Crippen LogP contribution is -2.10. The van der Waals surface area contributed by atoms with Crippen LogP contribution in [0.3, 0.4) is 0 Å². The van der Waals surface area contributed by atoms with E-state index in [1.807, 2.05) is 12.1 Å². The van der Waals surface area contributed by atoms with Crippen LogP contribution >= 0.6 is 0 Å². The number of hydrogen-bond donors (Lipinski definition) is 1. The molecule has 76 valence electrons. The molecule has 4 heteroatoms. The molecule has 1 aromatic rings. The molecule has 0 saturated heterocycles. The Labute approximate surface area is 84.0 Å². The molecule has 0 saturated carbocycles. The summed E-state index contributed by atoms with van der Waals surface area (Å²) < 4.78 is 5.32. The van der Waals surface area contributed by atoms with E-state index in [4.69, 9.17) is 4.74 Å². The van der Waals surface area contributed by atoms with Gasteiger partial charge in [0.25, 0.3) is 0 Å². The molecule has 1 rings (SSSR count). The minimum absolute atomic E-state index is 0.678. The number of ether oxygens (including phenoxy) is 1. The van der Waals surface area contributed by atoms with E-state index in [9.17, 15) is 0 Å². The van der Waals surface area contributed by atoms with Crippen molar-refractivity contribution in [1.82, 2.24) is 9.97 Å². The highest BCUT2D eigenvalue weighted by atomic mass is 16.5. The van der Waals surface area contributed by atoms with Crippen molar-refractivity contribution in [3.05, 3.63) is 31.2 Å². The third-order valence-electron chi connectivity index (χ3n) is 1.60. The van der Waals surface area contributed by atoms with Gasteiger partial charge in [0.15, 0.2) is 0 Å². The van der Waals surface area contributed by atoms with Crippen LogP contribution in [-0.2, 0) is 4.74 Å². The van der Waals surface area contributed by atoms with Crippen LogP contribution in [0.1, 0.15) is 6.42 Å². The van der Waals surface area contributed by atoms with Gasteiger partial charge in [-0.05, 0) is 12.5 Å². The first-order valence-corrected chi connectivity index (χ1v) is 4.62. The van der Waals surface area contributed by atoms with E-state index >= 15 is 0 Å². The van der Waals surface area contributed by atoms with Gasteiger partial charge in [0.2, 0.25) is 0 Å². The number of nitrogens with zero attached hydrogens (tertiary/aromatic N) is 2. The number of hydrogen-bond acceptors (Lipinski definition) is 4. The van der Waals surface area contributed by atoms with Crippen LogP contribution in [-0.4, -0.2) is 29.7 Å². The standard InChI is InChI=1S/C10H15N3O/c1-2-3-7-14-8-6-12-10-4-5-11-9-13-10/h2,4-5,9H,1,3,6-8H2,(H,11,12,13). The first kappa shape index (κ1) is 10.7. The van der Waals surface area contributed by atoms with Gasteiger partial charge in [0.05, 0.1) is 13.2 Å². The minimum atomic E-state index is 0.678. The molecular formula is C10H15N3O. The molecule has 0 aliphatic rings. The lowest BCUT2D eigenvalue weighted by Gasteiger charge is -2.04. The molecule has 1 N–H and O–H groups in total. The van der Waals surface area contributed by atoms with Crippen LogP contribution in [0.2, 0.25) is 0 Å². The predicted octanol–water partition coefficient (Wildman–Crippen LogP) is 1.48. The monoisotopic (exact) mass is 193 g/mol. The van der Waals surface area contributed by atoms with Gasteiger partial charge in [0.1, 0.15) is 12.1 Å². The Balaban J connectivity index is 2.02. The molecule has 0 spiro atoms. The normalized spacial score (nSPS) is 9.71. The van der Waals surface area contributed by atoms with Crippen molar-refractivity contribution in [2.45, 2.75) is 6.42 Å². The second-order valence-corrected chi connectivity index (χ2v) is 2.71. The van der Waals surface area contributed by atoms with E-state index in [2.05, 4.69) is 21.9 Å². The molecule has 4 nitrogen and oxygen atoms in total. The fourth-order valence-corrected chi connectivity index (χ4v) is 0.915. The summed E-state index contributed by atoms with van der Waals surface area (Å²) in [6, 6.07) is 1.82.